The smallest absolute Gasteiger partial charge is 0.246 e. The SMILES string of the molecule is N#Cc1ncn(-c2cc3n[nH]c(=O)n3cn2)n1. The fourth-order valence-corrected chi connectivity index (χ4v) is 1.35. The Labute approximate surface area is 93.0 Å². The molecule has 0 radical (unpaired) electrons. The number of hydrogen-bond donors (Lipinski definition) is 1. The van der Waals surface area contributed by atoms with E-state index in [0.717, 1.165) is 0 Å². The first-order valence-corrected chi connectivity index (χ1v) is 4.53. The Morgan fingerprint density at radius 2 is 2.24 bits per heavy atom. The molecule has 0 bridgehead atoms. The molecular weight excluding hydrogens is 224 g/mol. The van der Waals surface area contributed by atoms with E-state index in [1.165, 1.54) is 21.7 Å². The van der Waals surface area contributed by atoms with Crippen LogP contribution >= 0.6 is 0 Å². The van der Waals surface area contributed by atoms with Crippen LogP contribution in [0.2, 0.25) is 0 Å². The molecule has 0 atom stereocenters. The lowest BCUT2D eigenvalue weighted by Gasteiger charge is -1.97. The number of rotatable bonds is 1. The molecule has 17 heavy (non-hydrogen) atoms. The third-order valence-corrected chi connectivity index (χ3v) is 2.12. The van der Waals surface area contributed by atoms with Crippen molar-refractivity contribution in [1.82, 2.24) is 34.3 Å². The Kier molecular flexibility index (Phi) is 1.76. The highest BCUT2D eigenvalue weighted by molar-refractivity contribution is 5.41. The van der Waals surface area contributed by atoms with E-state index in [1.807, 2.05) is 6.07 Å². The van der Waals surface area contributed by atoms with Gasteiger partial charge in [0.25, 0.3) is 5.82 Å². The maximum Gasteiger partial charge on any atom is 0.348 e. The summed E-state index contributed by atoms with van der Waals surface area (Å²) >= 11 is 0. The molecule has 82 valence electrons. The number of nitriles is 1. The van der Waals surface area contributed by atoms with Crippen LogP contribution in [0, 0.1) is 11.3 Å². The van der Waals surface area contributed by atoms with Gasteiger partial charge in [-0.05, 0) is 0 Å². The topological polar surface area (TPSA) is 118 Å². The Morgan fingerprint density at radius 3 is 3.00 bits per heavy atom. The average Bonchev–Trinajstić information content (AvgIpc) is 2.96. The fourth-order valence-electron chi connectivity index (χ4n) is 1.35. The van der Waals surface area contributed by atoms with Crippen molar-refractivity contribution in [3.63, 3.8) is 0 Å². The van der Waals surface area contributed by atoms with Crippen molar-refractivity contribution in [2.45, 2.75) is 0 Å². The van der Waals surface area contributed by atoms with E-state index in [9.17, 15) is 4.79 Å². The van der Waals surface area contributed by atoms with Crippen molar-refractivity contribution in [2.24, 2.45) is 0 Å². The summed E-state index contributed by atoms with van der Waals surface area (Å²) in [5.41, 5.74) is 0.0457. The molecule has 9 heteroatoms. The van der Waals surface area contributed by atoms with E-state index in [4.69, 9.17) is 5.26 Å². The minimum Gasteiger partial charge on any atom is -0.246 e. The number of H-pyrrole nitrogens is 1. The second-order valence-corrected chi connectivity index (χ2v) is 3.13. The van der Waals surface area contributed by atoms with E-state index in [2.05, 4.69) is 25.3 Å². The second-order valence-electron chi connectivity index (χ2n) is 3.13. The zero-order valence-corrected chi connectivity index (χ0v) is 8.27. The van der Waals surface area contributed by atoms with Gasteiger partial charge in [0, 0.05) is 6.07 Å². The van der Waals surface area contributed by atoms with E-state index >= 15 is 0 Å². The van der Waals surface area contributed by atoms with Gasteiger partial charge < -0.3 is 0 Å². The van der Waals surface area contributed by atoms with Gasteiger partial charge in [-0.15, -0.1) is 5.10 Å². The monoisotopic (exact) mass is 228 g/mol. The van der Waals surface area contributed by atoms with Crippen molar-refractivity contribution in [3.05, 3.63) is 35.0 Å². The summed E-state index contributed by atoms with van der Waals surface area (Å²) in [5, 5.41) is 18.6. The number of aromatic nitrogens is 7. The summed E-state index contributed by atoms with van der Waals surface area (Å²) in [7, 11) is 0. The van der Waals surface area contributed by atoms with Crippen LogP contribution in [-0.4, -0.2) is 34.3 Å². The highest BCUT2D eigenvalue weighted by atomic mass is 16.1. The third-order valence-electron chi connectivity index (χ3n) is 2.12. The third kappa shape index (κ3) is 1.36. The molecule has 0 aromatic carbocycles. The van der Waals surface area contributed by atoms with Crippen molar-refractivity contribution < 1.29 is 0 Å². The molecule has 0 saturated carbocycles. The molecule has 1 N–H and O–H groups in total. The fraction of sp³-hybridized carbons (Fsp3) is 0. The minimum atomic E-state index is -0.365. The molecule has 0 fully saturated rings. The number of nitrogens with zero attached hydrogens (tertiary/aromatic N) is 7. The maximum atomic E-state index is 11.2. The molecule has 0 amide bonds. The molecule has 9 nitrogen and oxygen atoms in total. The van der Waals surface area contributed by atoms with Crippen LogP contribution in [0.3, 0.4) is 0 Å². The zero-order chi connectivity index (χ0) is 11.8. The predicted molar refractivity (Wildman–Crippen MR) is 53.2 cm³/mol. The van der Waals surface area contributed by atoms with Gasteiger partial charge in [0.2, 0.25) is 0 Å². The van der Waals surface area contributed by atoms with Crippen LogP contribution in [0.1, 0.15) is 5.82 Å². The molecule has 3 heterocycles. The highest BCUT2D eigenvalue weighted by Crippen LogP contribution is 2.03. The van der Waals surface area contributed by atoms with Gasteiger partial charge in [0.15, 0.2) is 11.5 Å². The van der Waals surface area contributed by atoms with Crippen molar-refractivity contribution in [2.75, 3.05) is 0 Å². The number of nitrogens with one attached hydrogen (secondary N) is 1. The quantitative estimate of drug-likeness (QED) is 0.563. The minimum absolute atomic E-state index is 0.0473. The van der Waals surface area contributed by atoms with Crippen molar-refractivity contribution in [3.8, 4) is 11.9 Å². The van der Waals surface area contributed by atoms with Crippen LogP contribution in [0.5, 0.6) is 0 Å². The molecule has 3 aromatic heterocycles. The van der Waals surface area contributed by atoms with Gasteiger partial charge in [-0.3, -0.25) is 0 Å². The largest absolute Gasteiger partial charge is 0.348 e. The molecule has 0 saturated heterocycles. The molecular formula is C8H4N8O. The highest BCUT2D eigenvalue weighted by Gasteiger charge is 2.06. The summed E-state index contributed by atoms with van der Waals surface area (Å²) in [5.74, 6) is 0.469. The van der Waals surface area contributed by atoms with E-state index < -0.39 is 0 Å². The van der Waals surface area contributed by atoms with Gasteiger partial charge in [0.05, 0.1) is 0 Å². The summed E-state index contributed by atoms with van der Waals surface area (Å²) < 4.78 is 2.59. The normalized spacial score (nSPS) is 10.5. The maximum absolute atomic E-state index is 11.2. The first-order chi connectivity index (χ1) is 8.28. The molecule has 3 rings (SSSR count). The lowest BCUT2D eigenvalue weighted by atomic mass is 10.5. The van der Waals surface area contributed by atoms with Gasteiger partial charge in [0.1, 0.15) is 18.7 Å². The van der Waals surface area contributed by atoms with E-state index in [-0.39, 0.29) is 11.5 Å². The molecule has 0 unspecified atom stereocenters. The number of fused-ring (bicyclic) bond motifs is 1. The van der Waals surface area contributed by atoms with E-state index in [1.54, 1.807) is 6.07 Å². The molecule has 0 aliphatic rings. The van der Waals surface area contributed by atoms with Gasteiger partial charge in [-0.1, -0.05) is 0 Å². The second kappa shape index (κ2) is 3.24. The van der Waals surface area contributed by atoms with Crippen LogP contribution in [0.25, 0.3) is 11.5 Å². The number of aromatic amines is 1. The zero-order valence-electron chi connectivity index (χ0n) is 8.27. The van der Waals surface area contributed by atoms with Crippen molar-refractivity contribution >= 4 is 5.65 Å². The van der Waals surface area contributed by atoms with Crippen molar-refractivity contribution in [1.29, 1.82) is 5.26 Å². The standard InChI is InChI=1S/C8H4N8O/c9-2-5-10-4-16(14-5)6-1-7-12-13-8(17)15(7)3-11-6/h1,3-4H,(H,13,17). The van der Waals surface area contributed by atoms with Gasteiger partial charge >= 0.3 is 5.69 Å². The number of hydrogen-bond acceptors (Lipinski definition) is 6. The molecule has 0 aliphatic heterocycles. The van der Waals surface area contributed by atoms with Crippen LogP contribution in [0.4, 0.5) is 0 Å². The Bertz CT molecular complexity index is 788. The molecule has 0 aliphatic carbocycles. The van der Waals surface area contributed by atoms with E-state index in [0.29, 0.717) is 11.5 Å². The first kappa shape index (κ1) is 9.22. The average molecular weight is 228 g/mol. The van der Waals surface area contributed by atoms with Gasteiger partial charge in [-0.25, -0.2) is 28.9 Å². The van der Waals surface area contributed by atoms with Crippen LogP contribution < -0.4 is 5.69 Å². The molecule has 3 aromatic rings. The summed E-state index contributed by atoms with van der Waals surface area (Å²) in [6.07, 6.45) is 2.69. The predicted octanol–water partition coefficient (Wildman–Crippen LogP) is -1.13. The van der Waals surface area contributed by atoms with Crippen LogP contribution in [0.15, 0.2) is 23.5 Å². The summed E-state index contributed by atoms with van der Waals surface area (Å²) in [6, 6.07) is 3.36. The summed E-state index contributed by atoms with van der Waals surface area (Å²) in [6.45, 7) is 0. The first-order valence-electron chi connectivity index (χ1n) is 4.53. The summed E-state index contributed by atoms with van der Waals surface area (Å²) in [4.78, 5) is 19.0. The van der Waals surface area contributed by atoms with Crippen LogP contribution in [-0.2, 0) is 0 Å². The van der Waals surface area contributed by atoms with Gasteiger partial charge in [-0.2, -0.15) is 10.4 Å². The molecule has 0 spiro atoms. The Hall–Kier alpha value is -3.02. The lowest BCUT2D eigenvalue weighted by Crippen LogP contribution is -2.10. The lowest BCUT2D eigenvalue weighted by molar-refractivity contribution is 0.829. The Morgan fingerprint density at radius 1 is 1.35 bits per heavy atom. The Balaban J connectivity index is 2.18.